The highest BCUT2D eigenvalue weighted by atomic mass is 32.2. The highest BCUT2D eigenvalue weighted by Crippen LogP contribution is 1.95. The molecule has 0 atom stereocenters. The van der Waals surface area contributed by atoms with Gasteiger partial charge in [-0.2, -0.15) is 11.8 Å². The Morgan fingerprint density at radius 3 is 2.44 bits per heavy atom. The minimum absolute atomic E-state index is 0.211. The first-order valence-electron chi connectivity index (χ1n) is 2.83. The van der Waals surface area contributed by atoms with Crippen LogP contribution in [0.4, 0.5) is 0 Å². The largest absolute Gasteiger partial charge is 0.294 e. The molecule has 2 heteroatoms. The molecule has 0 spiro atoms. The molecule has 9 heavy (non-hydrogen) atoms. The van der Waals surface area contributed by atoms with Gasteiger partial charge in [-0.15, -0.1) is 0 Å². The molecule has 0 aliphatic carbocycles. The van der Waals surface area contributed by atoms with E-state index in [2.05, 4.69) is 0 Å². The third kappa shape index (κ3) is 5.63. The zero-order chi connectivity index (χ0) is 7.28. The monoisotopic (exact) mass is 144 g/mol. The average molecular weight is 144 g/mol. The lowest BCUT2D eigenvalue weighted by Gasteiger charge is -1.89. The van der Waals surface area contributed by atoms with Crippen molar-refractivity contribution in [1.82, 2.24) is 0 Å². The first-order valence-corrected chi connectivity index (χ1v) is 4.23. The summed E-state index contributed by atoms with van der Waals surface area (Å²) in [6, 6.07) is 0. The number of thioether (sulfide) groups is 1. The lowest BCUT2D eigenvalue weighted by atomic mass is 10.3. The Bertz CT molecular complexity index is 123. The Labute approximate surface area is 60.5 Å². The third-order valence-electron chi connectivity index (χ3n) is 0.736. The lowest BCUT2D eigenvalue weighted by Crippen LogP contribution is -1.95. The second kappa shape index (κ2) is 4.62. The first kappa shape index (κ1) is 8.76. The fraction of sp³-hybridized carbons (Fsp3) is 0.571. The van der Waals surface area contributed by atoms with Crippen LogP contribution in [0.1, 0.15) is 13.8 Å². The molecular weight excluding hydrogens is 132 g/mol. The Hall–Kier alpha value is -0.240. The van der Waals surface area contributed by atoms with Gasteiger partial charge in [-0.3, -0.25) is 4.79 Å². The van der Waals surface area contributed by atoms with Gasteiger partial charge >= 0.3 is 0 Å². The van der Waals surface area contributed by atoms with Gasteiger partial charge in [-0.05, 0) is 26.2 Å². The van der Waals surface area contributed by atoms with Crippen LogP contribution in [0.2, 0.25) is 0 Å². The van der Waals surface area contributed by atoms with Gasteiger partial charge in [0, 0.05) is 0 Å². The number of rotatable bonds is 3. The molecular formula is C7H12OS. The van der Waals surface area contributed by atoms with Crippen LogP contribution in [0.5, 0.6) is 0 Å². The number of hydrogen-bond acceptors (Lipinski definition) is 2. The summed E-state index contributed by atoms with van der Waals surface area (Å²) in [6.45, 7) is 3.86. The van der Waals surface area contributed by atoms with E-state index in [4.69, 9.17) is 0 Å². The minimum atomic E-state index is 0.211. The van der Waals surface area contributed by atoms with E-state index in [1.807, 2.05) is 20.1 Å². The van der Waals surface area contributed by atoms with Crippen LogP contribution in [-0.4, -0.2) is 17.8 Å². The lowest BCUT2D eigenvalue weighted by molar-refractivity contribution is -0.112. The Kier molecular flexibility index (Phi) is 4.50. The van der Waals surface area contributed by atoms with Crippen molar-refractivity contribution in [2.75, 3.05) is 12.0 Å². The number of carbonyl (C=O) groups excluding carboxylic acids is 1. The standard InChI is InChI=1S/C7H12OS/c1-6(2)4-7(8)5-9-3/h4H,5H2,1-3H3. The fourth-order valence-electron chi connectivity index (χ4n) is 0.506. The normalized spacial score (nSPS) is 8.78. The van der Waals surface area contributed by atoms with Crippen LogP contribution in [0, 0.1) is 0 Å². The molecule has 0 aromatic rings. The van der Waals surface area contributed by atoms with Crippen LogP contribution < -0.4 is 0 Å². The van der Waals surface area contributed by atoms with E-state index in [0.717, 1.165) is 5.57 Å². The van der Waals surface area contributed by atoms with E-state index in [1.165, 1.54) is 0 Å². The van der Waals surface area contributed by atoms with Gasteiger partial charge in [0.25, 0.3) is 0 Å². The highest BCUT2D eigenvalue weighted by molar-refractivity contribution is 7.99. The zero-order valence-corrected chi connectivity index (χ0v) is 6.92. The van der Waals surface area contributed by atoms with E-state index in [1.54, 1.807) is 17.8 Å². The number of allylic oxidation sites excluding steroid dienone is 2. The molecule has 0 rings (SSSR count). The van der Waals surface area contributed by atoms with E-state index in [0.29, 0.717) is 5.75 Å². The summed E-state index contributed by atoms with van der Waals surface area (Å²) in [6.07, 6.45) is 3.60. The molecule has 0 bridgehead atoms. The van der Waals surface area contributed by atoms with E-state index in [-0.39, 0.29) is 5.78 Å². The topological polar surface area (TPSA) is 17.1 Å². The molecule has 0 aliphatic heterocycles. The van der Waals surface area contributed by atoms with Crippen LogP contribution in [0.15, 0.2) is 11.6 Å². The molecule has 0 fully saturated rings. The maximum atomic E-state index is 10.8. The van der Waals surface area contributed by atoms with Crippen molar-refractivity contribution in [1.29, 1.82) is 0 Å². The minimum Gasteiger partial charge on any atom is -0.294 e. The zero-order valence-electron chi connectivity index (χ0n) is 6.10. The summed E-state index contributed by atoms with van der Waals surface area (Å²) in [5.74, 6) is 0.813. The number of ketones is 1. The third-order valence-corrected chi connectivity index (χ3v) is 1.31. The van der Waals surface area contributed by atoms with Gasteiger partial charge in [0.05, 0.1) is 5.75 Å². The van der Waals surface area contributed by atoms with Crippen molar-refractivity contribution >= 4 is 17.5 Å². The van der Waals surface area contributed by atoms with Gasteiger partial charge in [0.15, 0.2) is 5.78 Å². The summed E-state index contributed by atoms with van der Waals surface area (Å²) < 4.78 is 0. The molecule has 52 valence electrons. The molecule has 0 radical (unpaired) electrons. The summed E-state index contributed by atoms with van der Waals surface area (Å²) in [7, 11) is 0. The van der Waals surface area contributed by atoms with Crippen molar-refractivity contribution in [3.63, 3.8) is 0 Å². The molecule has 0 aliphatic rings. The Morgan fingerprint density at radius 1 is 1.56 bits per heavy atom. The first-order chi connectivity index (χ1) is 4.16. The van der Waals surface area contributed by atoms with Gasteiger partial charge in [0.2, 0.25) is 0 Å². The average Bonchev–Trinajstić information content (AvgIpc) is 1.63. The molecule has 0 saturated heterocycles. The van der Waals surface area contributed by atoms with E-state index >= 15 is 0 Å². The van der Waals surface area contributed by atoms with Crippen LogP contribution >= 0.6 is 11.8 Å². The molecule has 1 nitrogen and oxygen atoms in total. The van der Waals surface area contributed by atoms with Crippen molar-refractivity contribution < 1.29 is 4.79 Å². The summed E-state index contributed by atoms with van der Waals surface area (Å²) in [5, 5.41) is 0. The second-order valence-electron chi connectivity index (χ2n) is 2.12. The molecule has 0 heterocycles. The van der Waals surface area contributed by atoms with Crippen molar-refractivity contribution in [2.45, 2.75) is 13.8 Å². The van der Waals surface area contributed by atoms with Crippen LogP contribution in [0.25, 0.3) is 0 Å². The molecule has 0 saturated carbocycles. The fourth-order valence-corrected chi connectivity index (χ4v) is 0.874. The molecule has 0 amide bonds. The second-order valence-corrected chi connectivity index (χ2v) is 2.99. The van der Waals surface area contributed by atoms with Crippen LogP contribution in [0.3, 0.4) is 0 Å². The SMILES string of the molecule is CSCC(=O)C=C(C)C. The molecule has 0 unspecified atom stereocenters. The van der Waals surface area contributed by atoms with Gasteiger partial charge in [-0.1, -0.05) is 5.57 Å². The van der Waals surface area contributed by atoms with Gasteiger partial charge in [0.1, 0.15) is 0 Å². The quantitative estimate of drug-likeness (QED) is 0.563. The Balaban J connectivity index is 3.63. The highest BCUT2D eigenvalue weighted by Gasteiger charge is 1.92. The Morgan fingerprint density at radius 2 is 2.11 bits per heavy atom. The number of carbonyl (C=O) groups is 1. The predicted octanol–water partition coefficient (Wildman–Crippen LogP) is 1.88. The summed E-state index contributed by atoms with van der Waals surface area (Å²) >= 11 is 1.56. The summed E-state index contributed by atoms with van der Waals surface area (Å²) in [5.41, 5.74) is 1.08. The maximum absolute atomic E-state index is 10.8. The van der Waals surface area contributed by atoms with Crippen LogP contribution in [-0.2, 0) is 4.79 Å². The maximum Gasteiger partial charge on any atom is 0.165 e. The summed E-state index contributed by atoms with van der Waals surface area (Å²) in [4.78, 5) is 10.8. The van der Waals surface area contributed by atoms with E-state index in [9.17, 15) is 4.79 Å². The van der Waals surface area contributed by atoms with Gasteiger partial charge in [-0.25, -0.2) is 0 Å². The van der Waals surface area contributed by atoms with Crippen molar-refractivity contribution in [3.05, 3.63) is 11.6 Å². The smallest absolute Gasteiger partial charge is 0.165 e. The predicted molar refractivity (Wildman–Crippen MR) is 42.8 cm³/mol. The molecule has 0 aromatic heterocycles. The number of hydrogen-bond donors (Lipinski definition) is 0. The van der Waals surface area contributed by atoms with E-state index < -0.39 is 0 Å². The molecule has 0 N–H and O–H groups in total. The van der Waals surface area contributed by atoms with Gasteiger partial charge < -0.3 is 0 Å². The van der Waals surface area contributed by atoms with Crippen molar-refractivity contribution in [2.24, 2.45) is 0 Å². The molecule has 0 aromatic carbocycles. The van der Waals surface area contributed by atoms with Crippen molar-refractivity contribution in [3.8, 4) is 0 Å².